The molecule has 0 radical (unpaired) electrons. The van der Waals surface area contributed by atoms with Gasteiger partial charge in [0, 0.05) is 0 Å². The van der Waals surface area contributed by atoms with Crippen molar-refractivity contribution in [3.63, 3.8) is 0 Å². The van der Waals surface area contributed by atoms with Crippen LogP contribution < -0.4 is 0 Å². The quantitative estimate of drug-likeness (QED) is 0.465. The highest BCUT2D eigenvalue weighted by Gasteiger charge is 1.80. The Morgan fingerprint density at radius 1 is 0.688 bits per heavy atom. The third kappa shape index (κ3) is 15.9. The molecule has 0 bridgehead atoms. The van der Waals surface area contributed by atoms with E-state index >= 15 is 0 Å². The number of hydrogen-bond donors (Lipinski definition) is 0. The molecular weight excluding hydrogens is 192 g/mol. The van der Waals surface area contributed by atoms with Crippen LogP contribution in [0.25, 0.3) is 0 Å². The number of unbranched alkanes of at least 4 members (excludes halogenated alkanes) is 2. The second-order valence-electron chi connectivity index (χ2n) is 4.39. The van der Waals surface area contributed by atoms with Gasteiger partial charge in [-0.15, -0.1) is 0 Å². The predicted molar refractivity (Wildman–Crippen MR) is 77.9 cm³/mol. The van der Waals surface area contributed by atoms with Crippen molar-refractivity contribution in [1.29, 1.82) is 0 Å². The summed E-state index contributed by atoms with van der Waals surface area (Å²) in [4.78, 5) is 0. The fourth-order valence-electron chi connectivity index (χ4n) is 1.07. The zero-order chi connectivity index (χ0) is 12.8. The lowest BCUT2D eigenvalue weighted by molar-refractivity contribution is 0.934. The van der Waals surface area contributed by atoms with Crippen molar-refractivity contribution < 1.29 is 0 Å². The third-order valence-corrected chi connectivity index (χ3v) is 2.68. The lowest BCUT2D eigenvalue weighted by Gasteiger charge is -1.91. The first-order valence-electron chi connectivity index (χ1n) is 6.93. The average Bonchev–Trinajstić information content (AvgIpc) is 2.33. The molecule has 96 valence electrons. The van der Waals surface area contributed by atoms with Crippen molar-refractivity contribution >= 4 is 0 Å². The summed E-state index contributed by atoms with van der Waals surface area (Å²) in [5, 5.41) is 0. The van der Waals surface area contributed by atoms with Crippen LogP contribution in [-0.4, -0.2) is 0 Å². The Labute approximate surface area is 104 Å². The Morgan fingerprint density at radius 2 is 1.00 bits per heavy atom. The van der Waals surface area contributed by atoms with Crippen molar-refractivity contribution in [2.45, 2.75) is 80.1 Å². The van der Waals surface area contributed by atoms with Crippen molar-refractivity contribution in [3.05, 3.63) is 23.3 Å². The summed E-state index contributed by atoms with van der Waals surface area (Å²) < 4.78 is 0. The minimum Gasteiger partial charge on any atom is -0.0856 e. The maximum Gasteiger partial charge on any atom is -0.0351 e. The molecule has 0 aromatic heterocycles. The molecule has 0 unspecified atom stereocenters. The monoisotopic (exact) mass is 224 g/mol. The molecule has 0 fully saturated rings. The molecule has 0 amide bonds. The van der Waals surface area contributed by atoms with Crippen molar-refractivity contribution in [1.82, 2.24) is 0 Å². The summed E-state index contributed by atoms with van der Waals surface area (Å²) in [6.07, 6.45) is 12.1. The van der Waals surface area contributed by atoms with E-state index in [-0.39, 0.29) is 0 Å². The summed E-state index contributed by atoms with van der Waals surface area (Å²) >= 11 is 0. The second-order valence-corrected chi connectivity index (χ2v) is 4.39. The summed E-state index contributed by atoms with van der Waals surface area (Å²) in [6.45, 7) is 13.2. The van der Waals surface area contributed by atoms with Crippen LogP contribution in [0.5, 0.6) is 0 Å². The van der Waals surface area contributed by atoms with Gasteiger partial charge in [0.05, 0.1) is 0 Å². The SMILES string of the molecule is CCCC=C(C)CC.CCCC=C(C)CC. The molecule has 0 saturated carbocycles. The average molecular weight is 224 g/mol. The van der Waals surface area contributed by atoms with Gasteiger partial charge in [0.1, 0.15) is 0 Å². The highest BCUT2D eigenvalue weighted by Crippen LogP contribution is 2.01. The van der Waals surface area contributed by atoms with Gasteiger partial charge in [-0.1, -0.05) is 63.8 Å². The molecule has 0 aromatic rings. The highest BCUT2D eigenvalue weighted by atomic mass is 13.9. The standard InChI is InChI=1S/2C8H16/c2*1-4-6-7-8(3)5-2/h2*7H,4-6H2,1-3H3. The molecule has 0 heteroatoms. The molecule has 0 spiro atoms. The molecule has 0 rings (SSSR count). The van der Waals surface area contributed by atoms with Gasteiger partial charge in [0.2, 0.25) is 0 Å². The van der Waals surface area contributed by atoms with Gasteiger partial charge in [-0.25, -0.2) is 0 Å². The molecule has 0 aromatic carbocycles. The van der Waals surface area contributed by atoms with Gasteiger partial charge in [0.25, 0.3) is 0 Å². The molecular formula is C16H32. The van der Waals surface area contributed by atoms with Crippen LogP contribution in [0, 0.1) is 0 Å². The maximum absolute atomic E-state index is 2.32. The molecule has 16 heavy (non-hydrogen) atoms. The Morgan fingerprint density at radius 3 is 1.19 bits per heavy atom. The van der Waals surface area contributed by atoms with Crippen LogP contribution in [0.2, 0.25) is 0 Å². The van der Waals surface area contributed by atoms with E-state index in [0.717, 1.165) is 0 Å². The van der Waals surface area contributed by atoms with Gasteiger partial charge in [-0.05, 0) is 39.5 Å². The zero-order valence-electron chi connectivity index (χ0n) is 12.4. The first-order chi connectivity index (χ1) is 7.62. The first-order valence-corrected chi connectivity index (χ1v) is 6.93. The van der Waals surface area contributed by atoms with Crippen LogP contribution in [0.4, 0.5) is 0 Å². The molecule has 0 nitrogen and oxygen atoms in total. The smallest absolute Gasteiger partial charge is 0.0351 e. The van der Waals surface area contributed by atoms with Gasteiger partial charge >= 0.3 is 0 Å². The summed E-state index contributed by atoms with van der Waals surface area (Å²) in [6, 6.07) is 0. The van der Waals surface area contributed by atoms with Crippen LogP contribution >= 0.6 is 0 Å². The number of hydrogen-bond acceptors (Lipinski definition) is 0. The van der Waals surface area contributed by atoms with E-state index in [4.69, 9.17) is 0 Å². The van der Waals surface area contributed by atoms with E-state index in [1.54, 1.807) is 0 Å². The fourth-order valence-corrected chi connectivity index (χ4v) is 1.07. The van der Waals surface area contributed by atoms with Crippen LogP contribution in [0.1, 0.15) is 80.1 Å². The van der Waals surface area contributed by atoms with Gasteiger partial charge in [-0.2, -0.15) is 0 Å². The van der Waals surface area contributed by atoms with E-state index < -0.39 is 0 Å². The normalized spacial score (nSPS) is 12.1. The molecule has 0 N–H and O–H groups in total. The molecule has 0 aliphatic heterocycles. The van der Waals surface area contributed by atoms with E-state index in [0.29, 0.717) is 0 Å². The van der Waals surface area contributed by atoms with E-state index in [9.17, 15) is 0 Å². The Balaban J connectivity index is 0. The van der Waals surface area contributed by atoms with Crippen LogP contribution in [-0.2, 0) is 0 Å². The number of rotatable bonds is 6. The van der Waals surface area contributed by atoms with Gasteiger partial charge in [0.15, 0.2) is 0 Å². The van der Waals surface area contributed by atoms with Crippen molar-refractivity contribution in [2.24, 2.45) is 0 Å². The lowest BCUT2D eigenvalue weighted by Crippen LogP contribution is -1.70. The van der Waals surface area contributed by atoms with Crippen molar-refractivity contribution in [2.75, 3.05) is 0 Å². The van der Waals surface area contributed by atoms with Crippen LogP contribution in [0.3, 0.4) is 0 Å². The van der Waals surface area contributed by atoms with E-state index in [2.05, 4.69) is 53.7 Å². The van der Waals surface area contributed by atoms with Gasteiger partial charge < -0.3 is 0 Å². The summed E-state index contributed by atoms with van der Waals surface area (Å²) in [5.41, 5.74) is 3.04. The Hall–Kier alpha value is -0.520. The topological polar surface area (TPSA) is 0 Å². The molecule has 0 saturated heterocycles. The van der Waals surface area contributed by atoms with E-state index in [1.165, 1.54) is 49.7 Å². The molecule has 0 aliphatic carbocycles. The number of allylic oxidation sites excluding steroid dienone is 4. The lowest BCUT2D eigenvalue weighted by atomic mass is 10.2. The summed E-state index contributed by atoms with van der Waals surface area (Å²) in [7, 11) is 0. The largest absolute Gasteiger partial charge is 0.0856 e. The minimum atomic E-state index is 1.21. The fraction of sp³-hybridized carbons (Fsp3) is 0.750. The Bertz CT molecular complexity index is 162. The predicted octanol–water partition coefficient (Wildman–Crippen LogP) is 6.29. The van der Waals surface area contributed by atoms with Gasteiger partial charge in [-0.3, -0.25) is 0 Å². The molecule has 0 aliphatic rings. The zero-order valence-corrected chi connectivity index (χ0v) is 12.4. The second kappa shape index (κ2) is 14.5. The summed E-state index contributed by atoms with van der Waals surface area (Å²) in [5.74, 6) is 0. The molecule has 0 heterocycles. The van der Waals surface area contributed by atoms with Crippen LogP contribution in [0.15, 0.2) is 23.3 Å². The first kappa shape index (κ1) is 17.9. The van der Waals surface area contributed by atoms with E-state index in [1.807, 2.05) is 0 Å². The molecule has 0 atom stereocenters. The highest BCUT2D eigenvalue weighted by molar-refractivity contribution is 4.96. The minimum absolute atomic E-state index is 1.21. The van der Waals surface area contributed by atoms with Crippen molar-refractivity contribution in [3.8, 4) is 0 Å². The Kier molecular flexibility index (Phi) is 16.2. The maximum atomic E-state index is 2.32. The third-order valence-electron chi connectivity index (χ3n) is 2.68.